The number of nitrogens with one attached hydrogen (secondary N) is 2. The fourth-order valence-electron chi connectivity index (χ4n) is 2.23. The van der Waals surface area contributed by atoms with Crippen molar-refractivity contribution in [3.8, 4) is 0 Å². The van der Waals surface area contributed by atoms with Crippen molar-refractivity contribution < 1.29 is 4.39 Å². The zero-order valence-corrected chi connectivity index (χ0v) is 10.4. The van der Waals surface area contributed by atoms with Crippen LogP contribution in [0.2, 0.25) is 0 Å². The zero-order chi connectivity index (χ0) is 12.1. The van der Waals surface area contributed by atoms with Crippen LogP contribution in [0.3, 0.4) is 0 Å². The average Bonchev–Trinajstić information content (AvgIpc) is 2.38. The van der Waals surface area contributed by atoms with Gasteiger partial charge in [0, 0.05) is 12.2 Å². The van der Waals surface area contributed by atoms with Gasteiger partial charge < -0.3 is 10.6 Å². The molecule has 17 heavy (non-hydrogen) atoms. The number of anilines is 1. The molecule has 0 amide bonds. The number of piperidine rings is 1. The van der Waals surface area contributed by atoms with E-state index in [4.69, 9.17) is 0 Å². The van der Waals surface area contributed by atoms with Gasteiger partial charge in [0.15, 0.2) is 0 Å². The van der Waals surface area contributed by atoms with E-state index in [2.05, 4.69) is 10.6 Å². The van der Waals surface area contributed by atoms with Crippen LogP contribution in [-0.2, 0) is 0 Å². The molecule has 2 nitrogen and oxygen atoms in total. The van der Waals surface area contributed by atoms with E-state index in [-0.39, 0.29) is 0 Å². The van der Waals surface area contributed by atoms with E-state index in [0.717, 1.165) is 30.9 Å². The molecule has 1 aromatic rings. The Bertz CT molecular complexity index is 329. The Balaban J connectivity index is 1.82. The fourth-order valence-corrected chi connectivity index (χ4v) is 2.23. The summed E-state index contributed by atoms with van der Waals surface area (Å²) in [6.45, 7) is 4.82. The summed E-state index contributed by atoms with van der Waals surface area (Å²) in [5.41, 5.74) is 1.83. The van der Waals surface area contributed by atoms with E-state index >= 15 is 0 Å². The number of hydrogen-bond donors (Lipinski definition) is 2. The highest BCUT2D eigenvalue weighted by Gasteiger charge is 2.12. The van der Waals surface area contributed by atoms with E-state index in [0.29, 0.717) is 5.92 Å². The minimum atomic E-state index is -0.883. The minimum absolute atomic E-state index is 0.712. The molecule has 2 unspecified atom stereocenters. The summed E-state index contributed by atoms with van der Waals surface area (Å²) in [6, 6.07) is 7.63. The van der Waals surface area contributed by atoms with Crippen LogP contribution in [0.5, 0.6) is 0 Å². The smallest absolute Gasteiger partial charge is 0.122 e. The molecule has 1 aliphatic rings. The van der Waals surface area contributed by atoms with Crippen LogP contribution >= 0.6 is 0 Å². The minimum Gasteiger partial charge on any atom is -0.385 e. The quantitative estimate of drug-likeness (QED) is 0.839. The molecule has 1 aromatic carbocycles. The molecule has 0 bridgehead atoms. The predicted molar refractivity (Wildman–Crippen MR) is 70.0 cm³/mol. The first-order chi connectivity index (χ1) is 8.25. The second kappa shape index (κ2) is 6.01. The average molecular weight is 236 g/mol. The van der Waals surface area contributed by atoms with Gasteiger partial charge >= 0.3 is 0 Å². The van der Waals surface area contributed by atoms with Crippen molar-refractivity contribution in [1.82, 2.24) is 5.32 Å². The van der Waals surface area contributed by atoms with Crippen LogP contribution in [0.25, 0.3) is 0 Å². The van der Waals surface area contributed by atoms with Gasteiger partial charge in [-0.3, -0.25) is 0 Å². The number of halogens is 1. The number of rotatable bonds is 4. The zero-order valence-electron chi connectivity index (χ0n) is 10.4. The van der Waals surface area contributed by atoms with Gasteiger partial charge in [-0.2, -0.15) is 0 Å². The molecule has 94 valence electrons. The molecule has 0 aromatic heterocycles. The van der Waals surface area contributed by atoms with E-state index in [9.17, 15) is 4.39 Å². The highest BCUT2D eigenvalue weighted by Crippen LogP contribution is 2.19. The standard InChI is InChI=1S/C14H21FN2/c1-11(15)13-4-6-14(7-5-13)17-10-12-3-2-8-16-9-12/h4-7,11-12,16-17H,2-3,8-10H2,1H3. The first-order valence-electron chi connectivity index (χ1n) is 6.44. The SMILES string of the molecule is CC(F)c1ccc(NCC2CCCNC2)cc1. The van der Waals surface area contributed by atoms with Gasteiger partial charge in [0.25, 0.3) is 0 Å². The van der Waals surface area contributed by atoms with Crippen LogP contribution in [0.4, 0.5) is 10.1 Å². The molecule has 1 aliphatic heterocycles. The highest BCUT2D eigenvalue weighted by molar-refractivity contribution is 5.44. The molecule has 1 fully saturated rings. The second-order valence-electron chi connectivity index (χ2n) is 4.83. The van der Waals surface area contributed by atoms with E-state index in [1.807, 2.05) is 24.3 Å². The maximum atomic E-state index is 13.0. The van der Waals surface area contributed by atoms with Crippen LogP contribution < -0.4 is 10.6 Å². The molecular weight excluding hydrogens is 215 g/mol. The van der Waals surface area contributed by atoms with Crippen molar-refractivity contribution in [2.24, 2.45) is 5.92 Å². The lowest BCUT2D eigenvalue weighted by Gasteiger charge is -2.23. The topological polar surface area (TPSA) is 24.1 Å². The number of alkyl halides is 1. The van der Waals surface area contributed by atoms with Crippen LogP contribution in [0.1, 0.15) is 31.5 Å². The molecule has 0 radical (unpaired) electrons. The molecule has 2 N–H and O–H groups in total. The summed E-state index contributed by atoms with van der Waals surface area (Å²) in [4.78, 5) is 0. The first kappa shape index (κ1) is 12.4. The maximum Gasteiger partial charge on any atom is 0.122 e. The summed E-state index contributed by atoms with van der Waals surface area (Å²) in [6.07, 6.45) is 1.68. The molecule has 0 spiro atoms. The van der Waals surface area contributed by atoms with Crippen molar-refractivity contribution in [3.63, 3.8) is 0 Å². The monoisotopic (exact) mass is 236 g/mol. The van der Waals surface area contributed by atoms with E-state index in [1.165, 1.54) is 12.8 Å². The fraction of sp³-hybridized carbons (Fsp3) is 0.571. The maximum absolute atomic E-state index is 13.0. The molecule has 2 atom stereocenters. The lowest BCUT2D eigenvalue weighted by molar-refractivity contribution is 0.374. The first-order valence-corrected chi connectivity index (χ1v) is 6.44. The third kappa shape index (κ3) is 3.70. The normalized spacial score (nSPS) is 22.1. The van der Waals surface area contributed by atoms with Crippen LogP contribution in [-0.4, -0.2) is 19.6 Å². The molecule has 1 saturated heterocycles. The Morgan fingerprint density at radius 2 is 2.18 bits per heavy atom. The van der Waals surface area contributed by atoms with Crippen molar-refractivity contribution in [1.29, 1.82) is 0 Å². The molecule has 0 aliphatic carbocycles. The number of hydrogen-bond acceptors (Lipinski definition) is 2. The van der Waals surface area contributed by atoms with Crippen LogP contribution in [0, 0.1) is 5.92 Å². The molecule has 2 rings (SSSR count). The molecule has 0 saturated carbocycles. The highest BCUT2D eigenvalue weighted by atomic mass is 19.1. The summed E-state index contributed by atoms with van der Waals surface area (Å²) in [5, 5.41) is 6.82. The number of benzene rings is 1. The van der Waals surface area contributed by atoms with Crippen molar-refractivity contribution >= 4 is 5.69 Å². The summed E-state index contributed by atoms with van der Waals surface area (Å²) >= 11 is 0. The van der Waals surface area contributed by atoms with Gasteiger partial charge in [-0.1, -0.05) is 12.1 Å². The van der Waals surface area contributed by atoms with Crippen molar-refractivity contribution in [3.05, 3.63) is 29.8 Å². The summed E-state index contributed by atoms with van der Waals surface area (Å²) in [7, 11) is 0. The van der Waals surface area contributed by atoms with Gasteiger partial charge in [0.05, 0.1) is 0 Å². The third-order valence-electron chi connectivity index (χ3n) is 3.36. The summed E-state index contributed by atoms with van der Waals surface area (Å²) in [5.74, 6) is 0.712. The predicted octanol–water partition coefficient (Wildman–Crippen LogP) is 3.13. The lowest BCUT2D eigenvalue weighted by Crippen LogP contribution is -2.33. The second-order valence-corrected chi connectivity index (χ2v) is 4.83. The van der Waals surface area contributed by atoms with Crippen LogP contribution in [0.15, 0.2) is 24.3 Å². The Kier molecular flexibility index (Phi) is 4.37. The molecular formula is C14H21FN2. The van der Waals surface area contributed by atoms with Gasteiger partial charge in [-0.05, 0) is 56.5 Å². The van der Waals surface area contributed by atoms with E-state index < -0.39 is 6.17 Å². The molecule has 1 heterocycles. The van der Waals surface area contributed by atoms with Gasteiger partial charge in [0.2, 0.25) is 0 Å². The Morgan fingerprint density at radius 3 is 2.76 bits per heavy atom. The van der Waals surface area contributed by atoms with Crippen molar-refractivity contribution in [2.75, 3.05) is 25.0 Å². The van der Waals surface area contributed by atoms with Gasteiger partial charge in [-0.15, -0.1) is 0 Å². The van der Waals surface area contributed by atoms with Gasteiger partial charge in [-0.25, -0.2) is 4.39 Å². The summed E-state index contributed by atoms with van der Waals surface area (Å²) < 4.78 is 13.0. The van der Waals surface area contributed by atoms with Gasteiger partial charge in [0.1, 0.15) is 6.17 Å². The third-order valence-corrected chi connectivity index (χ3v) is 3.36. The Labute approximate surface area is 103 Å². The largest absolute Gasteiger partial charge is 0.385 e. The van der Waals surface area contributed by atoms with E-state index in [1.54, 1.807) is 6.92 Å². The molecule has 3 heteroatoms. The van der Waals surface area contributed by atoms with Crippen molar-refractivity contribution in [2.45, 2.75) is 25.9 Å². The Hall–Kier alpha value is -1.09. The Morgan fingerprint density at radius 1 is 1.41 bits per heavy atom. The lowest BCUT2D eigenvalue weighted by atomic mass is 9.99.